The third-order valence-electron chi connectivity index (χ3n) is 3.73. The lowest BCUT2D eigenvalue weighted by molar-refractivity contribution is -0.150. The van der Waals surface area contributed by atoms with Crippen LogP contribution in [0.5, 0.6) is 0 Å². The second-order valence-electron chi connectivity index (χ2n) is 5.69. The maximum absolute atomic E-state index is 14.3. The van der Waals surface area contributed by atoms with Gasteiger partial charge in [-0.25, -0.2) is 4.39 Å². The van der Waals surface area contributed by atoms with E-state index in [0.29, 0.717) is 0 Å². The molecule has 1 aromatic rings. The monoisotopic (exact) mass is 310 g/mol. The van der Waals surface area contributed by atoms with Gasteiger partial charge in [0.15, 0.2) is 16.0 Å². The summed E-state index contributed by atoms with van der Waals surface area (Å²) in [7, 11) is 0. The Morgan fingerprint density at radius 2 is 1.95 bits per heavy atom. The first-order valence-electron chi connectivity index (χ1n) is 6.92. The van der Waals surface area contributed by atoms with Gasteiger partial charge < -0.3 is 4.74 Å². The van der Waals surface area contributed by atoms with Gasteiger partial charge in [0.1, 0.15) is 0 Å². The van der Waals surface area contributed by atoms with E-state index in [2.05, 4.69) is 0 Å². The first-order chi connectivity index (χ1) is 9.84. The third kappa shape index (κ3) is 2.71. The molecule has 0 spiro atoms. The van der Waals surface area contributed by atoms with Gasteiger partial charge in [0, 0.05) is 6.42 Å². The van der Waals surface area contributed by atoms with Gasteiger partial charge in [-0.05, 0) is 26.3 Å². The molecule has 0 amide bonds. The highest BCUT2D eigenvalue weighted by atomic mass is 32.2. The Labute approximate surface area is 128 Å². The van der Waals surface area contributed by atoms with Gasteiger partial charge in [-0.1, -0.05) is 42.1 Å². The molecule has 1 aliphatic rings. The number of carbonyl (C=O) groups is 2. The lowest BCUT2D eigenvalue weighted by Crippen LogP contribution is -2.47. The summed E-state index contributed by atoms with van der Waals surface area (Å²) in [4.78, 5) is 25.1. The maximum Gasteiger partial charge on any atom is 0.330 e. The van der Waals surface area contributed by atoms with Crippen LogP contribution in [0.2, 0.25) is 0 Å². The molecule has 0 aliphatic carbocycles. The van der Waals surface area contributed by atoms with Crippen LogP contribution in [0.1, 0.15) is 26.3 Å². The summed E-state index contributed by atoms with van der Waals surface area (Å²) in [5.41, 5.74) is -1.79. The third-order valence-corrected chi connectivity index (χ3v) is 5.42. The number of halogens is 1. The number of thioether (sulfide) groups is 1. The molecule has 2 rings (SSSR count). The largest absolute Gasteiger partial charge is 0.465 e. The van der Waals surface area contributed by atoms with Crippen molar-refractivity contribution in [3.8, 4) is 0 Å². The minimum absolute atomic E-state index is 0.153. The van der Waals surface area contributed by atoms with Crippen LogP contribution in [0.15, 0.2) is 30.3 Å². The molecule has 5 heteroatoms. The second-order valence-corrected chi connectivity index (χ2v) is 7.04. The fraction of sp³-hybridized carbons (Fsp3) is 0.500. The number of ketones is 1. The van der Waals surface area contributed by atoms with Crippen molar-refractivity contribution in [2.24, 2.45) is 5.41 Å². The highest BCUT2D eigenvalue weighted by Gasteiger charge is 2.63. The van der Waals surface area contributed by atoms with Crippen molar-refractivity contribution >= 4 is 23.5 Å². The quantitative estimate of drug-likeness (QED) is 0.633. The summed E-state index contributed by atoms with van der Waals surface area (Å²) >= 11 is 0.780. The van der Waals surface area contributed by atoms with Gasteiger partial charge in [0.2, 0.25) is 0 Å². The van der Waals surface area contributed by atoms with E-state index in [1.54, 1.807) is 20.8 Å². The van der Waals surface area contributed by atoms with Crippen LogP contribution in [-0.2, 0) is 20.7 Å². The Morgan fingerprint density at radius 1 is 1.33 bits per heavy atom. The molecule has 1 aliphatic heterocycles. The Hall–Kier alpha value is -1.36. The Balaban J connectivity index is 2.42. The number of hydrogen-bond donors (Lipinski definition) is 0. The van der Waals surface area contributed by atoms with Crippen molar-refractivity contribution in [2.45, 2.75) is 37.4 Å². The molecule has 3 nitrogen and oxygen atoms in total. The van der Waals surface area contributed by atoms with E-state index in [1.807, 2.05) is 30.3 Å². The van der Waals surface area contributed by atoms with E-state index in [-0.39, 0.29) is 13.0 Å². The number of carbonyl (C=O) groups excluding carboxylic acids is 2. The summed E-state index contributed by atoms with van der Waals surface area (Å²) in [6.07, 6.45) is 0.153. The molecule has 114 valence electrons. The standard InChI is InChI=1S/C16H19FO3S/c1-4-20-14(19)16(10-11-8-6-5-7-9-11)12(18)15(2,3)13(17)21-16/h5-9,13H,4,10H2,1-3H3/t13-,16+/m1/s1. The minimum Gasteiger partial charge on any atom is -0.465 e. The molecule has 0 radical (unpaired) electrons. The van der Waals surface area contributed by atoms with Gasteiger partial charge in [0.05, 0.1) is 12.0 Å². The second kappa shape index (κ2) is 5.79. The number of rotatable bonds is 4. The highest BCUT2D eigenvalue weighted by Crippen LogP contribution is 2.53. The van der Waals surface area contributed by atoms with Gasteiger partial charge >= 0.3 is 5.97 Å². The van der Waals surface area contributed by atoms with E-state index in [9.17, 15) is 14.0 Å². The van der Waals surface area contributed by atoms with Gasteiger partial charge in [0.25, 0.3) is 0 Å². The van der Waals surface area contributed by atoms with Crippen molar-refractivity contribution in [3.05, 3.63) is 35.9 Å². The number of alkyl halides is 1. The number of Topliss-reactive ketones (excluding diaryl/α,β-unsaturated/α-hetero) is 1. The zero-order valence-electron chi connectivity index (χ0n) is 12.4. The zero-order chi connectivity index (χ0) is 15.7. The van der Waals surface area contributed by atoms with Crippen molar-refractivity contribution in [3.63, 3.8) is 0 Å². The molecule has 0 aromatic heterocycles. The predicted molar refractivity (Wildman–Crippen MR) is 80.8 cm³/mol. The van der Waals surface area contributed by atoms with Gasteiger partial charge in [-0.15, -0.1) is 0 Å². The van der Waals surface area contributed by atoms with Gasteiger partial charge in [-0.3, -0.25) is 9.59 Å². The predicted octanol–water partition coefficient (Wildman–Crippen LogP) is 3.17. The fourth-order valence-corrected chi connectivity index (χ4v) is 4.00. The summed E-state index contributed by atoms with van der Waals surface area (Å²) in [6.45, 7) is 4.93. The summed E-state index contributed by atoms with van der Waals surface area (Å²) < 4.78 is 17.9. The van der Waals surface area contributed by atoms with Gasteiger partial charge in [-0.2, -0.15) is 0 Å². The molecule has 1 saturated heterocycles. The van der Waals surface area contributed by atoms with E-state index in [4.69, 9.17) is 4.74 Å². The van der Waals surface area contributed by atoms with Crippen LogP contribution in [0.3, 0.4) is 0 Å². The molecule has 21 heavy (non-hydrogen) atoms. The molecular formula is C16H19FO3S. The number of esters is 1. The lowest BCUT2D eigenvalue weighted by atomic mass is 9.79. The molecule has 1 fully saturated rings. The molecule has 1 aromatic carbocycles. The zero-order valence-corrected chi connectivity index (χ0v) is 13.2. The summed E-state index contributed by atoms with van der Waals surface area (Å²) in [6, 6.07) is 9.17. The smallest absolute Gasteiger partial charge is 0.330 e. The van der Waals surface area contributed by atoms with Crippen LogP contribution in [0, 0.1) is 5.41 Å². The van der Waals surface area contributed by atoms with Crippen molar-refractivity contribution in [1.82, 2.24) is 0 Å². The van der Waals surface area contributed by atoms with E-state index in [1.165, 1.54) is 0 Å². The molecule has 2 atom stereocenters. The summed E-state index contributed by atoms with van der Waals surface area (Å²) in [5, 5.41) is 0. The fourth-order valence-electron chi connectivity index (χ4n) is 2.47. The summed E-state index contributed by atoms with van der Waals surface area (Å²) in [5.74, 6) is -1.04. The van der Waals surface area contributed by atoms with E-state index in [0.717, 1.165) is 17.3 Å². The molecular weight excluding hydrogens is 291 g/mol. The first-order valence-corrected chi connectivity index (χ1v) is 7.80. The average Bonchev–Trinajstić information content (AvgIpc) is 2.62. The number of benzene rings is 1. The average molecular weight is 310 g/mol. The van der Waals surface area contributed by atoms with Crippen LogP contribution >= 0.6 is 11.8 Å². The minimum atomic E-state index is -1.49. The SMILES string of the molecule is CCOC(=O)[C@@]1(Cc2ccccc2)S[C@@H](F)C(C)(C)C1=O. The van der Waals surface area contributed by atoms with E-state index >= 15 is 0 Å². The molecule has 0 bridgehead atoms. The Morgan fingerprint density at radius 3 is 2.43 bits per heavy atom. The molecule has 0 unspecified atom stereocenters. The first kappa shape index (κ1) is 16.0. The van der Waals surface area contributed by atoms with E-state index < -0.39 is 27.4 Å². The molecule has 0 N–H and O–H groups in total. The van der Waals surface area contributed by atoms with Crippen molar-refractivity contribution in [1.29, 1.82) is 0 Å². The molecule has 0 saturated carbocycles. The van der Waals surface area contributed by atoms with Crippen LogP contribution < -0.4 is 0 Å². The Bertz CT molecular complexity index is 544. The maximum atomic E-state index is 14.3. The van der Waals surface area contributed by atoms with Crippen LogP contribution in [0.25, 0.3) is 0 Å². The van der Waals surface area contributed by atoms with Crippen molar-refractivity contribution < 1.29 is 18.7 Å². The number of ether oxygens (including phenoxy) is 1. The van der Waals surface area contributed by atoms with Crippen LogP contribution in [0.4, 0.5) is 4.39 Å². The number of hydrogen-bond acceptors (Lipinski definition) is 4. The highest BCUT2D eigenvalue weighted by molar-refractivity contribution is 8.03. The lowest BCUT2D eigenvalue weighted by Gasteiger charge is -2.25. The molecule has 1 heterocycles. The Kier molecular flexibility index (Phi) is 4.42. The normalized spacial score (nSPS) is 27.6. The topological polar surface area (TPSA) is 43.4 Å². The van der Waals surface area contributed by atoms with Crippen molar-refractivity contribution in [2.75, 3.05) is 6.61 Å². The van der Waals surface area contributed by atoms with Crippen LogP contribution in [-0.4, -0.2) is 28.6 Å².